The van der Waals surface area contributed by atoms with Gasteiger partial charge in [0, 0.05) is 10.8 Å². The molecule has 0 unspecified atom stereocenters. The molecule has 12 heavy (non-hydrogen) atoms. The van der Waals surface area contributed by atoms with Crippen molar-refractivity contribution in [2.24, 2.45) is 0 Å². The van der Waals surface area contributed by atoms with Crippen LogP contribution in [0.4, 0.5) is 0 Å². The third-order valence-corrected chi connectivity index (χ3v) is 3.13. The molecule has 0 saturated heterocycles. The van der Waals surface area contributed by atoms with Gasteiger partial charge in [-0.2, -0.15) is 0 Å². The zero-order valence-electron chi connectivity index (χ0n) is 6.65. The summed E-state index contributed by atoms with van der Waals surface area (Å²) in [5.74, 6) is 0. The third-order valence-electron chi connectivity index (χ3n) is 1.55. The Kier molecular flexibility index (Phi) is 2.19. The fourth-order valence-electron chi connectivity index (χ4n) is 0.930. The molecule has 0 aliphatic heterocycles. The average molecular weight is 196 g/mol. The SMILES string of the molecule is CCc1nc(-c2cscn2)cs1. The van der Waals surface area contributed by atoms with E-state index in [1.54, 1.807) is 22.7 Å². The van der Waals surface area contributed by atoms with E-state index in [4.69, 9.17) is 0 Å². The lowest BCUT2D eigenvalue weighted by molar-refractivity contribution is 1.09. The van der Waals surface area contributed by atoms with Crippen LogP contribution >= 0.6 is 22.7 Å². The smallest absolute Gasteiger partial charge is 0.101 e. The van der Waals surface area contributed by atoms with Gasteiger partial charge in [-0.05, 0) is 6.42 Å². The van der Waals surface area contributed by atoms with Gasteiger partial charge in [-0.1, -0.05) is 6.92 Å². The molecule has 2 nitrogen and oxygen atoms in total. The summed E-state index contributed by atoms with van der Waals surface area (Å²) in [7, 11) is 0. The van der Waals surface area contributed by atoms with Gasteiger partial charge in [0.2, 0.25) is 0 Å². The molecule has 0 N–H and O–H groups in total. The quantitative estimate of drug-likeness (QED) is 0.738. The standard InChI is InChI=1S/C8H8N2S2/c1-2-8-10-7(4-12-8)6-3-11-5-9-6/h3-5H,2H2,1H3. The van der Waals surface area contributed by atoms with Gasteiger partial charge in [0.15, 0.2) is 0 Å². The molecule has 0 aromatic carbocycles. The first kappa shape index (κ1) is 7.89. The van der Waals surface area contributed by atoms with Crippen LogP contribution in [0.2, 0.25) is 0 Å². The van der Waals surface area contributed by atoms with Crippen molar-refractivity contribution < 1.29 is 0 Å². The fourth-order valence-corrected chi connectivity index (χ4v) is 2.21. The van der Waals surface area contributed by atoms with Gasteiger partial charge in [0.05, 0.1) is 10.5 Å². The molecule has 2 rings (SSSR count). The van der Waals surface area contributed by atoms with Crippen LogP contribution in [-0.4, -0.2) is 9.97 Å². The van der Waals surface area contributed by atoms with E-state index < -0.39 is 0 Å². The van der Waals surface area contributed by atoms with Crippen LogP contribution in [0.5, 0.6) is 0 Å². The molecule has 4 heteroatoms. The Hall–Kier alpha value is -0.740. The van der Waals surface area contributed by atoms with Crippen LogP contribution in [0.1, 0.15) is 11.9 Å². The summed E-state index contributed by atoms with van der Waals surface area (Å²) in [5.41, 5.74) is 3.84. The molecule has 0 bridgehead atoms. The van der Waals surface area contributed by atoms with Crippen LogP contribution in [-0.2, 0) is 6.42 Å². The number of nitrogens with zero attached hydrogens (tertiary/aromatic N) is 2. The monoisotopic (exact) mass is 196 g/mol. The molecule has 2 aromatic heterocycles. The summed E-state index contributed by atoms with van der Waals surface area (Å²) >= 11 is 3.31. The summed E-state index contributed by atoms with van der Waals surface area (Å²) in [5, 5.41) is 5.26. The Morgan fingerprint density at radius 2 is 2.25 bits per heavy atom. The Labute approximate surface area is 78.9 Å². The normalized spacial score (nSPS) is 10.4. The molecule has 0 atom stereocenters. The van der Waals surface area contributed by atoms with Gasteiger partial charge in [-0.3, -0.25) is 0 Å². The van der Waals surface area contributed by atoms with E-state index in [-0.39, 0.29) is 0 Å². The van der Waals surface area contributed by atoms with Crippen molar-refractivity contribution in [1.29, 1.82) is 0 Å². The van der Waals surface area contributed by atoms with Gasteiger partial charge >= 0.3 is 0 Å². The zero-order valence-corrected chi connectivity index (χ0v) is 8.28. The third kappa shape index (κ3) is 1.40. The van der Waals surface area contributed by atoms with E-state index in [2.05, 4.69) is 22.3 Å². The van der Waals surface area contributed by atoms with Gasteiger partial charge in [0.25, 0.3) is 0 Å². The maximum atomic E-state index is 4.43. The Morgan fingerprint density at radius 1 is 1.33 bits per heavy atom. The van der Waals surface area contributed by atoms with Crippen molar-refractivity contribution in [2.45, 2.75) is 13.3 Å². The molecule has 62 valence electrons. The number of aryl methyl sites for hydroxylation is 1. The van der Waals surface area contributed by atoms with Crippen LogP contribution in [0.3, 0.4) is 0 Å². The molecular weight excluding hydrogens is 188 g/mol. The van der Waals surface area contributed by atoms with Crippen molar-refractivity contribution in [3.05, 3.63) is 21.3 Å². The number of hydrogen-bond donors (Lipinski definition) is 0. The molecule has 0 fully saturated rings. The Bertz CT molecular complexity index is 351. The summed E-state index contributed by atoms with van der Waals surface area (Å²) < 4.78 is 0. The van der Waals surface area contributed by atoms with Crippen LogP contribution in [0.25, 0.3) is 11.4 Å². The minimum atomic E-state index is 0.996. The number of hydrogen-bond acceptors (Lipinski definition) is 4. The van der Waals surface area contributed by atoms with E-state index in [1.807, 2.05) is 10.9 Å². The predicted molar refractivity (Wildman–Crippen MR) is 52.6 cm³/mol. The lowest BCUT2D eigenvalue weighted by Gasteiger charge is -1.85. The van der Waals surface area contributed by atoms with Crippen LogP contribution in [0, 0.1) is 0 Å². The molecule has 0 aliphatic rings. The molecule has 0 aliphatic carbocycles. The Balaban J connectivity index is 2.35. The number of thiazole rings is 2. The maximum Gasteiger partial charge on any atom is 0.101 e. The van der Waals surface area contributed by atoms with Crippen molar-refractivity contribution in [3.63, 3.8) is 0 Å². The molecule has 0 saturated carbocycles. The van der Waals surface area contributed by atoms with Gasteiger partial charge in [-0.15, -0.1) is 22.7 Å². The summed E-state index contributed by atoms with van der Waals surface area (Å²) in [6, 6.07) is 0. The second kappa shape index (κ2) is 3.33. The van der Waals surface area contributed by atoms with Gasteiger partial charge in [0.1, 0.15) is 11.4 Å². The van der Waals surface area contributed by atoms with E-state index in [1.165, 1.54) is 5.01 Å². The highest BCUT2D eigenvalue weighted by molar-refractivity contribution is 7.10. The molecule has 0 amide bonds. The second-order valence-corrected chi connectivity index (χ2v) is 4.02. The van der Waals surface area contributed by atoms with Crippen LogP contribution < -0.4 is 0 Å². The van der Waals surface area contributed by atoms with E-state index in [9.17, 15) is 0 Å². The first-order chi connectivity index (χ1) is 5.90. The van der Waals surface area contributed by atoms with E-state index in [0.29, 0.717) is 0 Å². The lowest BCUT2D eigenvalue weighted by atomic mass is 10.4. The molecule has 0 spiro atoms. The van der Waals surface area contributed by atoms with Crippen LogP contribution in [0.15, 0.2) is 16.3 Å². The highest BCUT2D eigenvalue weighted by Crippen LogP contribution is 2.21. The summed E-state index contributed by atoms with van der Waals surface area (Å²) in [4.78, 5) is 8.63. The summed E-state index contributed by atoms with van der Waals surface area (Å²) in [6.07, 6.45) is 1.01. The number of aromatic nitrogens is 2. The van der Waals surface area contributed by atoms with Gasteiger partial charge in [-0.25, -0.2) is 9.97 Å². The molecule has 2 heterocycles. The molecular formula is C8H8N2S2. The molecule has 0 radical (unpaired) electrons. The van der Waals surface area contributed by atoms with Crippen molar-refractivity contribution in [3.8, 4) is 11.4 Å². The maximum absolute atomic E-state index is 4.43. The summed E-state index contributed by atoms with van der Waals surface area (Å²) in [6.45, 7) is 2.11. The molecule has 2 aromatic rings. The minimum Gasteiger partial charge on any atom is -0.243 e. The van der Waals surface area contributed by atoms with Crippen molar-refractivity contribution >= 4 is 22.7 Å². The van der Waals surface area contributed by atoms with Crippen molar-refractivity contribution in [1.82, 2.24) is 9.97 Å². The average Bonchev–Trinajstić information content (AvgIpc) is 2.75. The van der Waals surface area contributed by atoms with E-state index in [0.717, 1.165) is 17.8 Å². The number of rotatable bonds is 2. The predicted octanol–water partition coefficient (Wildman–Crippen LogP) is 2.83. The minimum absolute atomic E-state index is 0.996. The van der Waals surface area contributed by atoms with Gasteiger partial charge < -0.3 is 0 Å². The first-order valence-corrected chi connectivity index (χ1v) is 5.55. The Morgan fingerprint density at radius 3 is 2.83 bits per heavy atom. The highest BCUT2D eigenvalue weighted by atomic mass is 32.1. The second-order valence-electron chi connectivity index (χ2n) is 2.35. The van der Waals surface area contributed by atoms with E-state index >= 15 is 0 Å². The van der Waals surface area contributed by atoms with Crippen molar-refractivity contribution in [2.75, 3.05) is 0 Å². The topological polar surface area (TPSA) is 25.8 Å². The highest BCUT2D eigenvalue weighted by Gasteiger charge is 2.03. The lowest BCUT2D eigenvalue weighted by Crippen LogP contribution is -1.79. The zero-order chi connectivity index (χ0) is 8.39. The fraction of sp³-hybridized carbons (Fsp3) is 0.250. The first-order valence-electron chi connectivity index (χ1n) is 3.73. The largest absolute Gasteiger partial charge is 0.243 e.